The number of aliphatic hydroxyl groups excluding tert-OH is 1. The predicted octanol–water partition coefficient (Wildman–Crippen LogP) is 3.28. The van der Waals surface area contributed by atoms with Gasteiger partial charge >= 0.3 is 19.2 Å². The molecule has 8 nitrogen and oxygen atoms in total. The van der Waals surface area contributed by atoms with Gasteiger partial charge in [0.1, 0.15) is 12.6 Å². The van der Waals surface area contributed by atoms with E-state index in [1.54, 1.807) is 0 Å². The van der Waals surface area contributed by atoms with Gasteiger partial charge in [-0.3, -0.25) is 4.90 Å². The highest BCUT2D eigenvalue weighted by molar-refractivity contribution is 6.45. The first kappa shape index (κ1) is 25.5. The average Bonchev–Trinajstić information content (AvgIpc) is 3.25. The lowest BCUT2D eigenvalue weighted by Gasteiger charge is -2.32. The van der Waals surface area contributed by atoms with Crippen molar-refractivity contribution in [3.63, 3.8) is 0 Å². The smallest absolute Gasteiger partial charge is 0.457 e. The summed E-state index contributed by atoms with van der Waals surface area (Å²) in [5, 5.41) is 9.98. The van der Waals surface area contributed by atoms with Gasteiger partial charge in [-0.25, -0.2) is 9.59 Å². The van der Waals surface area contributed by atoms with Crippen LogP contribution in [0.1, 0.15) is 46.1 Å². The fraction of sp³-hybridized carbons (Fsp3) is 0.667. The summed E-state index contributed by atoms with van der Waals surface area (Å²) in [7, 11) is 0.983. The second-order valence-electron chi connectivity index (χ2n) is 9.88. The van der Waals surface area contributed by atoms with Crippen molar-refractivity contribution in [2.24, 2.45) is 11.8 Å². The highest BCUT2D eigenvalue weighted by Gasteiger charge is 2.51. The van der Waals surface area contributed by atoms with Crippen LogP contribution in [-0.2, 0) is 30.2 Å². The van der Waals surface area contributed by atoms with E-state index in [9.17, 15) is 14.7 Å². The van der Waals surface area contributed by atoms with Crippen molar-refractivity contribution in [1.29, 1.82) is 0 Å². The van der Waals surface area contributed by atoms with Crippen molar-refractivity contribution in [3.8, 4) is 0 Å². The van der Waals surface area contributed by atoms with Gasteiger partial charge in [-0.1, -0.05) is 36.8 Å². The maximum absolute atomic E-state index is 12.9. The van der Waals surface area contributed by atoms with Crippen LogP contribution in [0.5, 0.6) is 0 Å². The van der Waals surface area contributed by atoms with Crippen LogP contribution in [0, 0.1) is 11.8 Å². The largest absolute Gasteiger partial charge is 0.467 e. The van der Waals surface area contributed by atoms with Gasteiger partial charge in [-0.05, 0) is 51.9 Å². The monoisotopic (exact) mass is 461 g/mol. The van der Waals surface area contributed by atoms with Crippen LogP contribution >= 0.6 is 0 Å². The molecule has 33 heavy (non-hydrogen) atoms. The van der Waals surface area contributed by atoms with Gasteiger partial charge < -0.3 is 23.9 Å². The summed E-state index contributed by atoms with van der Waals surface area (Å²) in [5.74, 6) is -0.978. The van der Waals surface area contributed by atoms with Gasteiger partial charge in [0.2, 0.25) is 0 Å². The zero-order chi connectivity index (χ0) is 24.2. The van der Waals surface area contributed by atoms with E-state index in [2.05, 4.69) is 0 Å². The Bertz CT molecular complexity index is 800. The highest BCUT2D eigenvalue weighted by Crippen LogP contribution is 2.39. The minimum atomic E-state index is -0.797. The second kappa shape index (κ2) is 10.4. The van der Waals surface area contributed by atoms with Gasteiger partial charge in [0, 0.05) is 19.1 Å². The molecule has 0 spiro atoms. The molecule has 3 atom stereocenters. The number of benzene rings is 1. The number of hydrogen-bond donors (Lipinski definition) is 1. The fourth-order valence-electron chi connectivity index (χ4n) is 4.59. The number of likely N-dealkylation sites (tertiary alicyclic amines) is 1. The standard InChI is InChI=1S/C24H36BNO7/c1-23(2)24(3,4)33-25(32-23)13-9-12-19-18(15-27)14-26(20(19)21(28)30-5)22(29)31-16-17-10-7-6-8-11-17/h6-8,10-11,18-20,27H,9,12-16H2,1-5H3/t18?,19-,20+/m1/s1. The number of carbonyl (C=O) groups excluding carboxylic acids is 2. The third kappa shape index (κ3) is 5.70. The van der Waals surface area contributed by atoms with Gasteiger partial charge in [-0.15, -0.1) is 0 Å². The third-order valence-electron chi connectivity index (χ3n) is 7.17. The summed E-state index contributed by atoms with van der Waals surface area (Å²) in [6, 6.07) is 8.56. The van der Waals surface area contributed by atoms with E-state index in [1.807, 2.05) is 58.0 Å². The minimum absolute atomic E-state index is 0.112. The number of methoxy groups -OCH3 is 1. The maximum atomic E-state index is 12.9. The lowest BCUT2D eigenvalue weighted by molar-refractivity contribution is -0.147. The normalized spacial score (nSPS) is 25.8. The lowest BCUT2D eigenvalue weighted by Crippen LogP contribution is -2.44. The Morgan fingerprint density at radius 2 is 1.79 bits per heavy atom. The second-order valence-corrected chi connectivity index (χ2v) is 9.88. The van der Waals surface area contributed by atoms with E-state index in [4.69, 9.17) is 18.8 Å². The molecule has 2 aliphatic rings. The quantitative estimate of drug-likeness (QED) is 0.469. The molecule has 2 saturated heterocycles. The van der Waals surface area contributed by atoms with E-state index in [-0.39, 0.29) is 38.7 Å². The molecule has 0 aliphatic carbocycles. The zero-order valence-corrected chi connectivity index (χ0v) is 20.3. The average molecular weight is 461 g/mol. The number of aliphatic hydroxyl groups is 1. The lowest BCUT2D eigenvalue weighted by atomic mass is 9.78. The molecular weight excluding hydrogens is 425 g/mol. The summed E-state index contributed by atoms with van der Waals surface area (Å²) in [6.45, 7) is 8.27. The third-order valence-corrected chi connectivity index (χ3v) is 7.17. The van der Waals surface area contributed by atoms with Crippen molar-refractivity contribution < 1.29 is 33.5 Å². The summed E-state index contributed by atoms with van der Waals surface area (Å²) in [6.07, 6.45) is 1.42. The van der Waals surface area contributed by atoms with Crippen molar-refractivity contribution in [3.05, 3.63) is 35.9 Å². The molecule has 2 aliphatic heterocycles. The molecule has 1 unspecified atom stereocenters. The van der Waals surface area contributed by atoms with Crippen molar-refractivity contribution in [1.82, 2.24) is 4.90 Å². The topological polar surface area (TPSA) is 94.5 Å². The molecule has 1 aromatic carbocycles. The van der Waals surface area contributed by atoms with Crippen molar-refractivity contribution in [2.75, 3.05) is 20.3 Å². The predicted molar refractivity (Wildman–Crippen MR) is 123 cm³/mol. The first-order valence-corrected chi connectivity index (χ1v) is 11.6. The molecule has 2 fully saturated rings. The number of amides is 1. The van der Waals surface area contributed by atoms with Gasteiger partial charge in [-0.2, -0.15) is 0 Å². The molecule has 2 heterocycles. The SMILES string of the molecule is COC(=O)[C@@H]1[C@H](CCCB2OC(C)(C)C(C)(C)O2)C(CO)CN1C(=O)OCc1ccccc1. The van der Waals surface area contributed by atoms with Crippen LogP contribution in [0.15, 0.2) is 30.3 Å². The highest BCUT2D eigenvalue weighted by atomic mass is 16.7. The number of hydrogen-bond acceptors (Lipinski definition) is 7. The number of rotatable bonds is 8. The molecule has 0 radical (unpaired) electrons. The first-order valence-electron chi connectivity index (χ1n) is 11.6. The summed E-state index contributed by atoms with van der Waals surface area (Å²) >= 11 is 0. The van der Waals surface area contributed by atoms with Crippen LogP contribution in [-0.4, -0.2) is 66.7 Å². The van der Waals surface area contributed by atoms with Crippen LogP contribution in [0.2, 0.25) is 6.32 Å². The van der Waals surface area contributed by atoms with Crippen LogP contribution in [0.4, 0.5) is 4.79 Å². The van der Waals surface area contributed by atoms with Crippen molar-refractivity contribution >= 4 is 19.2 Å². The molecular formula is C24H36BNO7. The molecule has 3 rings (SSSR count). The molecule has 1 N–H and O–H groups in total. The van der Waals surface area contributed by atoms with Gasteiger partial charge in [0.05, 0.1) is 18.3 Å². The number of ether oxygens (including phenoxy) is 2. The Hall–Kier alpha value is -2.10. The van der Waals surface area contributed by atoms with Gasteiger partial charge in [0.25, 0.3) is 0 Å². The molecule has 0 bridgehead atoms. The molecule has 0 saturated carbocycles. The summed E-state index contributed by atoms with van der Waals surface area (Å²) in [4.78, 5) is 26.9. The Morgan fingerprint density at radius 1 is 1.15 bits per heavy atom. The van der Waals surface area contributed by atoms with Gasteiger partial charge in [0.15, 0.2) is 0 Å². The van der Waals surface area contributed by atoms with Crippen LogP contribution in [0.3, 0.4) is 0 Å². The van der Waals surface area contributed by atoms with Crippen molar-refractivity contribution in [2.45, 2.75) is 70.7 Å². The number of nitrogens with zero attached hydrogens (tertiary/aromatic N) is 1. The fourth-order valence-corrected chi connectivity index (χ4v) is 4.59. The van der Waals surface area contributed by atoms with E-state index >= 15 is 0 Å². The van der Waals surface area contributed by atoms with Crippen LogP contribution < -0.4 is 0 Å². The molecule has 0 aromatic heterocycles. The summed E-state index contributed by atoms with van der Waals surface area (Å²) in [5.41, 5.74) is 0.0660. The minimum Gasteiger partial charge on any atom is -0.467 e. The molecule has 1 aromatic rings. The number of esters is 1. The van der Waals surface area contributed by atoms with E-state index < -0.39 is 29.3 Å². The summed E-state index contributed by atoms with van der Waals surface area (Å²) < 4.78 is 22.6. The molecule has 1 amide bonds. The van der Waals surface area contributed by atoms with E-state index in [0.29, 0.717) is 12.7 Å². The van der Waals surface area contributed by atoms with Crippen LogP contribution in [0.25, 0.3) is 0 Å². The number of carbonyl (C=O) groups is 2. The Kier molecular flexibility index (Phi) is 8.08. The first-order chi connectivity index (χ1) is 15.6. The molecule has 182 valence electrons. The Balaban J connectivity index is 1.63. The Labute approximate surface area is 196 Å². The van der Waals surface area contributed by atoms with E-state index in [0.717, 1.165) is 12.0 Å². The molecule has 9 heteroatoms. The van der Waals surface area contributed by atoms with E-state index in [1.165, 1.54) is 12.0 Å². The zero-order valence-electron chi connectivity index (χ0n) is 20.3. The Morgan fingerprint density at radius 3 is 2.36 bits per heavy atom. The maximum Gasteiger partial charge on any atom is 0.457 e.